The maximum absolute atomic E-state index is 13.9. The molecule has 14 nitrogen and oxygen atoms in total. The van der Waals surface area contributed by atoms with Gasteiger partial charge in [0.2, 0.25) is 5.95 Å². The number of para-hydroxylation sites is 1. The highest BCUT2D eigenvalue weighted by Gasteiger charge is 2.52. The van der Waals surface area contributed by atoms with E-state index in [-0.39, 0.29) is 24.4 Å². The zero-order chi connectivity index (χ0) is 30.1. The van der Waals surface area contributed by atoms with Gasteiger partial charge in [-0.15, -0.1) is 0 Å². The van der Waals surface area contributed by atoms with Crippen LogP contribution in [-0.2, 0) is 23.4 Å². The second-order valence-corrected chi connectivity index (χ2v) is 12.6. The first-order chi connectivity index (χ1) is 19.2. The van der Waals surface area contributed by atoms with Gasteiger partial charge in [-0.25, -0.2) is 9.55 Å². The summed E-state index contributed by atoms with van der Waals surface area (Å²) in [4.78, 5) is 27.3. The molecule has 0 saturated carbocycles. The van der Waals surface area contributed by atoms with E-state index in [0.717, 1.165) is 0 Å². The van der Waals surface area contributed by atoms with Gasteiger partial charge in [-0.05, 0) is 32.9 Å². The van der Waals surface area contributed by atoms with Crippen LogP contribution in [0.15, 0.2) is 36.7 Å². The largest absolute Gasteiger partial charge is 0.462 e. The molecule has 41 heavy (non-hydrogen) atoms. The van der Waals surface area contributed by atoms with Gasteiger partial charge in [0.25, 0.3) is 0 Å². The normalized spacial score (nSPS) is 22.4. The van der Waals surface area contributed by atoms with E-state index in [9.17, 15) is 14.5 Å². The van der Waals surface area contributed by atoms with Crippen molar-refractivity contribution in [1.82, 2.24) is 24.6 Å². The summed E-state index contributed by atoms with van der Waals surface area (Å²) in [6, 6.07) is 7.39. The minimum Gasteiger partial charge on any atom is -0.462 e. The van der Waals surface area contributed by atoms with Gasteiger partial charge in [-0.2, -0.15) is 15.1 Å². The van der Waals surface area contributed by atoms with Crippen molar-refractivity contribution < 1.29 is 33.0 Å². The van der Waals surface area contributed by atoms with Crippen LogP contribution in [0.2, 0.25) is 0 Å². The number of nitrogen functional groups attached to an aromatic ring is 1. The Kier molecular flexibility index (Phi) is 8.90. The fourth-order valence-corrected chi connectivity index (χ4v) is 6.00. The molecule has 1 aliphatic heterocycles. The van der Waals surface area contributed by atoms with Gasteiger partial charge >= 0.3 is 13.7 Å². The average Bonchev–Trinajstić information content (AvgIpc) is 3.40. The summed E-state index contributed by atoms with van der Waals surface area (Å²) in [7, 11) is -0.522. The number of aromatic nitrogens is 4. The third kappa shape index (κ3) is 6.62. The Morgan fingerprint density at radius 2 is 1.93 bits per heavy atom. The first kappa shape index (κ1) is 30.7. The lowest BCUT2D eigenvalue weighted by molar-refractivity contribution is -0.149. The molecular formula is C26H38N7O7P. The van der Waals surface area contributed by atoms with E-state index in [4.69, 9.17) is 24.3 Å². The van der Waals surface area contributed by atoms with Gasteiger partial charge in [-0.3, -0.25) is 13.9 Å². The van der Waals surface area contributed by atoms with Gasteiger partial charge in [0.15, 0.2) is 17.0 Å². The number of aliphatic hydroxyl groups excluding tert-OH is 1. The Bertz CT molecular complexity index is 1420. The molecule has 0 aliphatic carbocycles. The summed E-state index contributed by atoms with van der Waals surface area (Å²) in [6.07, 6.45) is -1.51. The lowest BCUT2D eigenvalue weighted by atomic mass is 9.84. The van der Waals surface area contributed by atoms with E-state index < -0.39 is 43.6 Å². The molecule has 2 aromatic heterocycles. The monoisotopic (exact) mass is 591 g/mol. The molecule has 1 aromatic carbocycles. The number of hydrogen-bond acceptors (Lipinski definition) is 12. The maximum atomic E-state index is 13.9. The second kappa shape index (κ2) is 11.9. The molecule has 1 aliphatic rings. The number of esters is 1. The van der Waals surface area contributed by atoms with Crippen LogP contribution in [0.25, 0.3) is 11.2 Å². The molecule has 0 unspecified atom stereocenters. The van der Waals surface area contributed by atoms with Crippen LogP contribution >= 0.6 is 7.75 Å². The first-order valence-electron chi connectivity index (χ1n) is 13.2. The van der Waals surface area contributed by atoms with Crippen molar-refractivity contribution in [2.45, 2.75) is 65.2 Å². The van der Waals surface area contributed by atoms with E-state index in [1.165, 1.54) is 6.92 Å². The number of rotatable bonds is 11. The Balaban J connectivity index is 1.57. The van der Waals surface area contributed by atoms with Crippen LogP contribution in [0.4, 0.5) is 11.8 Å². The number of nitrogens with zero attached hydrogens (tertiary/aromatic N) is 5. The number of imidazole rings is 1. The minimum atomic E-state index is -4.16. The van der Waals surface area contributed by atoms with Crippen LogP contribution in [-0.4, -0.2) is 75.7 Å². The smallest absolute Gasteiger partial charge is 0.459 e. The highest BCUT2D eigenvalue weighted by Crippen LogP contribution is 2.49. The first-order valence-corrected chi connectivity index (χ1v) is 14.7. The molecule has 3 heterocycles. The third-order valence-electron chi connectivity index (χ3n) is 6.59. The number of fused-ring (bicyclic) bond motifs is 1. The number of carbonyl (C=O) groups is 1. The summed E-state index contributed by atoms with van der Waals surface area (Å²) >= 11 is 0. The Labute approximate surface area is 238 Å². The third-order valence-corrected chi connectivity index (χ3v) is 8.23. The van der Waals surface area contributed by atoms with Crippen LogP contribution in [0.3, 0.4) is 0 Å². The Hall–Kier alpha value is -3.29. The Morgan fingerprint density at radius 1 is 1.24 bits per heavy atom. The zero-order valence-corrected chi connectivity index (χ0v) is 25.1. The van der Waals surface area contributed by atoms with Crippen molar-refractivity contribution in [3.05, 3.63) is 36.7 Å². The maximum Gasteiger partial charge on any atom is 0.459 e. The summed E-state index contributed by atoms with van der Waals surface area (Å²) < 4.78 is 38.5. The lowest BCUT2D eigenvalue weighted by Crippen LogP contribution is -2.38. The van der Waals surface area contributed by atoms with E-state index in [2.05, 4.69) is 20.0 Å². The van der Waals surface area contributed by atoms with Crippen molar-refractivity contribution in [1.29, 1.82) is 0 Å². The topological polar surface area (TPSA) is 176 Å². The molecule has 0 bridgehead atoms. The number of carbonyl (C=O) groups excluding carboxylic acids is 1. The molecule has 1 fully saturated rings. The van der Waals surface area contributed by atoms with Crippen LogP contribution in [0, 0.1) is 5.41 Å². The molecule has 15 heteroatoms. The molecule has 0 amide bonds. The van der Waals surface area contributed by atoms with E-state index in [1.54, 1.807) is 60.0 Å². The molecule has 0 radical (unpaired) electrons. The van der Waals surface area contributed by atoms with Crippen molar-refractivity contribution >= 4 is 36.6 Å². The second-order valence-electron chi connectivity index (χ2n) is 11.0. The van der Waals surface area contributed by atoms with Crippen LogP contribution in [0.1, 0.15) is 40.8 Å². The van der Waals surface area contributed by atoms with E-state index in [1.807, 2.05) is 27.9 Å². The fraction of sp³-hybridized carbons (Fsp3) is 0.538. The summed E-state index contributed by atoms with van der Waals surface area (Å²) in [5.74, 6) is 0.244. The van der Waals surface area contributed by atoms with Gasteiger partial charge in [-0.1, -0.05) is 32.0 Å². The number of nitrogens with one attached hydrogen (secondary N) is 1. The summed E-state index contributed by atoms with van der Waals surface area (Å²) in [6.45, 7) is 8.25. The molecule has 0 spiro atoms. The molecule has 1 saturated heterocycles. The number of anilines is 2. The van der Waals surface area contributed by atoms with Crippen LogP contribution < -0.4 is 20.2 Å². The van der Waals surface area contributed by atoms with Crippen molar-refractivity contribution in [3.8, 4) is 5.75 Å². The van der Waals surface area contributed by atoms with Crippen molar-refractivity contribution in [2.75, 3.05) is 31.3 Å². The van der Waals surface area contributed by atoms with Crippen molar-refractivity contribution in [3.63, 3.8) is 0 Å². The zero-order valence-electron chi connectivity index (χ0n) is 24.2. The lowest BCUT2D eigenvalue weighted by Gasteiger charge is -2.29. The minimum absolute atomic E-state index is 0.0642. The van der Waals surface area contributed by atoms with Gasteiger partial charge in [0.05, 0.1) is 25.1 Å². The number of ether oxygens (including phenoxy) is 2. The number of hydrogen-bond donors (Lipinski definition) is 3. The highest BCUT2D eigenvalue weighted by atomic mass is 31.2. The van der Waals surface area contributed by atoms with Gasteiger partial charge in [0, 0.05) is 19.5 Å². The molecule has 3 aromatic rings. The molecule has 4 rings (SSSR count). The van der Waals surface area contributed by atoms with E-state index in [0.29, 0.717) is 17.0 Å². The van der Waals surface area contributed by atoms with Gasteiger partial charge < -0.3 is 29.7 Å². The number of nitrogens with two attached hydrogens (primary N) is 1. The molecular weight excluding hydrogens is 553 g/mol. The fourth-order valence-electron chi connectivity index (χ4n) is 4.50. The average molecular weight is 592 g/mol. The van der Waals surface area contributed by atoms with E-state index >= 15 is 0 Å². The summed E-state index contributed by atoms with van der Waals surface area (Å²) in [5.41, 5.74) is 6.07. The highest BCUT2D eigenvalue weighted by molar-refractivity contribution is 7.52. The van der Waals surface area contributed by atoms with Crippen LogP contribution in [0.5, 0.6) is 5.75 Å². The molecule has 224 valence electrons. The molecule has 5 atom stereocenters. The van der Waals surface area contributed by atoms with Gasteiger partial charge in [0.1, 0.15) is 24.1 Å². The molecule has 4 N–H and O–H groups in total. The summed E-state index contributed by atoms with van der Waals surface area (Å²) in [5, 5.41) is 13.9. The SMILES string of the molecule is CC(C)OC(=O)[C@H](C)N[P@](=O)(OC[C@H]1O[C@@H](n2cnc3c(N(C)C)nc(N)nc32)C(C)(C)[C@@H]1O)Oc1ccccc1. The Morgan fingerprint density at radius 3 is 2.56 bits per heavy atom. The quantitative estimate of drug-likeness (QED) is 0.219. The standard InChI is InChI=1S/C26H38N7O7P/c1-15(2)38-23(35)16(3)31-41(36,40-17-11-9-8-10-12-17)37-13-18-20(34)26(4,5)24(39-18)33-14-28-19-21(32(6)7)29-25(27)30-22(19)33/h8-12,14-16,18,20,24,34H,13H2,1-7H3,(H,31,36)(H2,27,29,30)/t16-,18+,20+,24+,41-/m0/s1. The predicted molar refractivity (Wildman–Crippen MR) is 152 cm³/mol. The van der Waals surface area contributed by atoms with Crippen molar-refractivity contribution in [2.24, 2.45) is 5.41 Å². The number of aliphatic hydroxyl groups is 1. The predicted octanol–water partition coefficient (Wildman–Crippen LogP) is 2.89. The number of benzene rings is 1.